The first-order chi connectivity index (χ1) is 17.3. The van der Waals surface area contributed by atoms with E-state index in [1.54, 1.807) is 29.2 Å². The highest BCUT2D eigenvalue weighted by Gasteiger charge is 2.27. The van der Waals surface area contributed by atoms with Crippen molar-refractivity contribution in [3.05, 3.63) is 99.9 Å². The van der Waals surface area contributed by atoms with Gasteiger partial charge in [-0.1, -0.05) is 6.07 Å². The van der Waals surface area contributed by atoms with Crippen LogP contribution in [0.1, 0.15) is 33.6 Å². The maximum Gasteiger partial charge on any atom is 0.269 e. The number of halogens is 1. The zero-order chi connectivity index (χ0) is 25.7. The molecular weight excluding hydrogens is 463 g/mol. The van der Waals surface area contributed by atoms with Crippen molar-refractivity contribution >= 4 is 28.8 Å². The number of ketones is 1. The maximum atomic E-state index is 13.4. The maximum absolute atomic E-state index is 13.4. The molecule has 1 saturated heterocycles. The number of benzene rings is 3. The lowest BCUT2D eigenvalue weighted by Crippen LogP contribution is -2.42. The van der Waals surface area contributed by atoms with E-state index in [0.717, 1.165) is 0 Å². The highest BCUT2D eigenvalue weighted by Crippen LogP contribution is 2.24. The third-order valence-corrected chi connectivity index (χ3v) is 6.48. The van der Waals surface area contributed by atoms with Gasteiger partial charge in [0.15, 0.2) is 5.78 Å². The van der Waals surface area contributed by atoms with Crippen molar-refractivity contribution in [3.63, 3.8) is 0 Å². The number of nitro groups is 1. The molecule has 0 aromatic heterocycles. The summed E-state index contributed by atoms with van der Waals surface area (Å²) in [7, 11) is 0. The Morgan fingerprint density at radius 3 is 2.25 bits per heavy atom. The lowest BCUT2D eigenvalue weighted by molar-refractivity contribution is -0.384. The van der Waals surface area contributed by atoms with E-state index in [2.05, 4.69) is 4.90 Å². The number of amides is 1. The van der Waals surface area contributed by atoms with Crippen LogP contribution in [0.15, 0.2) is 72.8 Å². The van der Waals surface area contributed by atoms with Crippen LogP contribution >= 0.6 is 0 Å². The second kappa shape index (κ2) is 11.1. The van der Waals surface area contributed by atoms with E-state index in [-0.39, 0.29) is 29.1 Å². The monoisotopic (exact) mass is 490 g/mol. The van der Waals surface area contributed by atoms with E-state index in [1.807, 2.05) is 0 Å². The van der Waals surface area contributed by atoms with Crippen molar-refractivity contribution in [1.29, 1.82) is 0 Å². The second-order valence-corrected chi connectivity index (χ2v) is 8.84. The van der Waals surface area contributed by atoms with Crippen molar-refractivity contribution in [3.8, 4) is 0 Å². The predicted molar refractivity (Wildman–Crippen MR) is 136 cm³/mol. The van der Waals surface area contributed by atoms with E-state index >= 15 is 0 Å². The van der Waals surface area contributed by atoms with Crippen LogP contribution in [0.2, 0.25) is 0 Å². The smallest absolute Gasteiger partial charge is 0.269 e. The van der Waals surface area contributed by atoms with E-state index in [0.29, 0.717) is 61.5 Å². The van der Waals surface area contributed by atoms with Crippen LogP contribution < -0.4 is 10.6 Å². The molecule has 0 aliphatic carbocycles. The van der Waals surface area contributed by atoms with Crippen LogP contribution in [-0.2, 0) is 0 Å². The van der Waals surface area contributed by atoms with E-state index in [4.69, 9.17) is 5.73 Å². The molecule has 36 heavy (non-hydrogen) atoms. The number of anilines is 2. The minimum atomic E-state index is -0.506. The minimum Gasteiger partial charge on any atom is -0.399 e. The number of nitrogens with zero attached hydrogens (tertiary/aromatic N) is 3. The Morgan fingerprint density at radius 2 is 1.64 bits per heavy atom. The zero-order valence-corrected chi connectivity index (χ0v) is 19.7. The molecule has 4 rings (SSSR count). The Kier molecular flexibility index (Phi) is 7.70. The highest BCUT2D eigenvalue weighted by atomic mass is 19.1. The molecule has 0 spiro atoms. The van der Waals surface area contributed by atoms with E-state index < -0.39 is 4.92 Å². The number of likely N-dealkylation sites (tertiary alicyclic amines) is 1. The van der Waals surface area contributed by atoms with Gasteiger partial charge in [-0.25, -0.2) is 4.39 Å². The Hall–Kier alpha value is -4.11. The number of Topliss-reactive ketones (excluding diaryl/α,β-unsaturated/α-hetero) is 1. The third kappa shape index (κ3) is 5.92. The summed E-state index contributed by atoms with van der Waals surface area (Å²) in [5.74, 6) is -0.728. The van der Waals surface area contributed by atoms with Crippen LogP contribution in [0.4, 0.5) is 21.5 Å². The highest BCUT2D eigenvalue weighted by molar-refractivity contribution is 6.06. The molecule has 186 valence electrons. The van der Waals surface area contributed by atoms with Gasteiger partial charge in [0.1, 0.15) is 5.82 Å². The normalized spacial score (nSPS) is 14.4. The summed E-state index contributed by atoms with van der Waals surface area (Å²) in [5.41, 5.74) is 7.89. The summed E-state index contributed by atoms with van der Waals surface area (Å²) >= 11 is 0. The lowest BCUT2D eigenvalue weighted by atomic mass is 9.89. The Balaban J connectivity index is 1.41. The van der Waals surface area contributed by atoms with Gasteiger partial charge in [-0.3, -0.25) is 19.7 Å². The van der Waals surface area contributed by atoms with Gasteiger partial charge >= 0.3 is 0 Å². The summed E-state index contributed by atoms with van der Waals surface area (Å²) in [6, 6.07) is 18.2. The van der Waals surface area contributed by atoms with Gasteiger partial charge in [0.25, 0.3) is 11.6 Å². The van der Waals surface area contributed by atoms with Crippen LogP contribution in [0.5, 0.6) is 0 Å². The molecule has 0 atom stereocenters. The molecule has 8 nitrogen and oxygen atoms in total. The Morgan fingerprint density at radius 1 is 1.00 bits per heavy atom. The standard InChI is InChI=1S/C27H27FN4O4/c28-22-8-4-19(5-9-22)26(33)20-12-14-30(15-13-20)16-17-31(25-3-1-2-23(29)18-25)27(34)21-6-10-24(11-7-21)32(35)36/h1-11,18,20H,12-17,29H2. The number of carbonyl (C=O) groups excluding carboxylic acids is 2. The molecule has 2 N–H and O–H groups in total. The molecule has 0 radical (unpaired) electrons. The quantitative estimate of drug-likeness (QED) is 0.215. The van der Waals surface area contributed by atoms with Gasteiger partial charge in [-0.05, 0) is 80.5 Å². The summed E-state index contributed by atoms with van der Waals surface area (Å²) in [5, 5.41) is 11.0. The van der Waals surface area contributed by atoms with Gasteiger partial charge in [-0.15, -0.1) is 0 Å². The number of rotatable bonds is 8. The molecule has 0 bridgehead atoms. The molecule has 1 aliphatic rings. The molecule has 9 heteroatoms. The molecule has 1 aliphatic heterocycles. The van der Waals surface area contributed by atoms with Crippen LogP contribution in [0.3, 0.4) is 0 Å². The number of non-ortho nitro benzene ring substituents is 1. The van der Waals surface area contributed by atoms with Crippen molar-refractivity contribution in [1.82, 2.24) is 4.90 Å². The molecule has 0 saturated carbocycles. The van der Waals surface area contributed by atoms with Gasteiger partial charge in [0.2, 0.25) is 0 Å². The number of hydrogen-bond donors (Lipinski definition) is 1. The minimum absolute atomic E-state index is 0.0318. The average molecular weight is 491 g/mol. The van der Waals surface area contributed by atoms with Crippen molar-refractivity contribution in [2.75, 3.05) is 36.8 Å². The second-order valence-electron chi connectivity index (χ2n) is 8.84. The van der Waals surface area contributed by atoms with Crippen molar-refractivity contribution in [2.24, 2.45) is 5.92 Å². The molecular formula is C27H27FN4O4. The van der Waals surface area contributed by atoms with E-state index in [9.17, 15) is 24.1 Å². The van der Waals surface area contributed by atoms with Crippen molar-refractivity contribution in [2.45, 2.75) is 12.8 Å². The molecule has 1 amide bonds. The number of carbonyl (C=O) groups is 2. The topological polar surface area (TPSA) is 110 Å². The molecule has 3 aromatic carbocycles. The van der Waals surface area contributed by atoms with Crippen LogP contribution in [-0.4, -0.2) is 47.7 Å². The first-order valence-electron chi connectivity index (χ1n) is 11.8. The SMILES string of the molecule is Nc1cccc(N(CCN2CCC(C(=O)c3ccc(F)cc3)CC2)C(=O)c2ccc([N+](=O)[O-])cc2)c1. The Labute approximate surface area is 208 Å². The largest absolute Gasteiger partial charge is 0.399 e. The van der Waals surface area contributed by atoms with E-state index in [1.165, 1.54) is 48.5 Å². The number of nitro benzene ring substituents is 1. The molecule has 3 aromatic rings. The first kappa shape index (κ1) is 25.0. The lowest BCUT2D eigenvalue weighted by Gasteiger charge is -2.33. The number of nitrogens with two attached hydrogens (primary N) is 1. The Bertz CT molecular complexity index is 1240. The van der Waals surface area contributed by atoms with Crippen LogP contribution in [0.25, 0.3) is 0 Å². The summed E-state index contributed by atoms with van der Waals surface area (Å²) in [6.45, 7) is 2.38. The predicted octanol–water partition coefficient (Wildman–Crippen LogP) is 4.56. The number of nitrogen functional groups attached to an aromatic ring is 1. The summed E-state index contributed by atoms with van der Waals surface area (Å²) in [6.07, 6.45) is 1.37. The summed E-state index contributed by atoms with van der Waals surface area (Å²) < 4.78 is 13.2. The van der Waals surface area contributed by atoms with Crippen molar-refractivity contribution < 1.29 is 18.9 Å². The van der Waals surface area contributed by atoms with Gasteiger partial charge in [0.05, 0.1) is 4.92 Å². The third-order valence-electron chi connectivity index (χ3n) is 6.48. The molecule has 1 heterocycles. The fraction of sp³-hybridized carbons (Fsp3) is 0.259. The molecule has 0 unspecified atom stereocenters. The fourth-order valence-corrected chi connectivity index (χ4v) is 4.43. The number of piperidine rings is 1. The van der Waals surface area contributed by atoms with Crippen LogP contribution in [0, 0.1) is 21.8 Å². The first-order valence-corrected chi connectivity index (χ1v) is 11.8. The average Bonchev–Trinajstić information content (AvgIpc) is 2.89. The number of hydrogen-bond acceptors (Lipinski definition) is 6. The van der Waals surface area contributed by atoms with Gasteiger partial charge in [0, 0.05) is 53.6 Å². The fourth-order valence-electron chi connectivity index (χ4n) is 4.43. The van der Waals surface area contributed by atoms with Gasteiger partial charge in [-0.2, -0.15) is 0 Å². The summed E-state index contributed by atoms with van der Waals surface area (Å²) in [4.78, 5) is 40.4. The molecule has 1 fully saturated rings. The zero-order valence-electron chi connectivity index (χ0n) is 19.7. The van der Waals surface area contributed by atoms with Gasteiger partial charge < -0.3 is 15.5 Å².